The highest BCUT2D eigenvalue weighted by Gasteiger charge is 2.39. The van der Waals surface area contributed by atoms with Gasteiger partial charge in [0.1, 0.15) is 6.61 Å². The summed E-state index contributed by atoms with van der Waals surface area (Å²) in [6, 6.07) is 7.82. The predicted octanol–water partition coefficient (Wildman–Crippen LogP) is 0.854. The minimum Gasteiger partial charge on any atom is -0.480 e. The van der Waals surface area contributed by atoms with Crippen LogP contribution >= 0.6 is 0 Å². The van der Waals surface area contributed by atoms with Gasteiger partial charge >= 0.3 is 5.97 Å². The van der Waals surface area contributed by atoms with Gasteiger partial charge in [-0.25, -0.2) is 4.79 Å². The molecule has 5 nitrogen and oxygen atoms in total. The smallest absolute Gasteiger partial charge is 0.329 e. The maximum Gasteiger partial charge on any atom is 0.329 e. The molecule has 0 aromatic heterocycles. The average Bonchev–Trinajstić information content (AvgIpc) is 2.35. The lowest BCUT2D eigenvalue weighted by atomic mass is 9.95. The Balaban J connectivity index is 1.78. The van der Waals surface area contributed by atoms with E-state index in [0.717, 1.165) is 25.2 Å². The van der Waals surface area contributed by atoms with Gasteiger partial charge in [0.15, 0.2) is 0 Å². The van der Waals surface area contributed by atoms with Crippen molar-refractivity contribution >= 4 is 5.97 Å². The summed E-state index contributed by atoms with van der Waals surface area (Å²) in [7, 11) is 0. The lowest BCUT2D eigenvalue weighted by Gasteiger charge is -2.47. The molecule has 0 radical (unpaired) electrons. The van der Waals surface area contributed by atoms with Gasteiger partial charge in [-0.05, 0) is 18.1 Å². The monoisotopic (exact) mass is 265 g/mol. The van der Waals surface area contributed by atoms with Gasteiger partial charge in [-0.1, -0.05) is 24.3 Å². The second kappa shape index (κ2) is 5.69. The molecule has 1 aliphatic rings. The van der Waals surface area contributed by atoms with Crippen molar-refractivity contribution < 1.29 is 19.7 Å². The number of benzene rings is 1. The van der Waals surface area contributed by atoms with Crippen LogP contribution in [0.3, 0.4) is 0 Å². The molecule has 0 bridgehead atoms. The summed E-state index contributed by atoms with van der Waals surface area (Å²) in [6.07, 6.45) is 0. The molecule has 0 aliphatic carbocycles. The summed E-state index contributed by atoms with van der Waals surface area (Å²) in [5.41, 5.74) is 1.74. The van der Waals surface area contributed by atoms with Gasteiger partial charge < -0.3 is 14.9 Å². The molecule has 5 heteroatoms. The number of rotatable bonds is 6. The van der Waals surface area contributed by atoms with Crippen molar-refractivity contribution in [1.82, 2.24) is 4.90 Å². The predicted molar refractivity (Wildman–Crippen MR) is 69.6 cm³/mol. The molecule has 104 valence electrons. The van der Waals surface area contributed by atoms with Gasteiger partial charge in [-0.3, -0.25) is 4.90 Å². The molecule has 1 heterocycles. The van der Waals surface area contributed by atoms with Crippen LogP contribution < -0.4 is 0 Å². The molecule has 1 aromatic rings. The summed E-state index contributed by atoms with van der Waals surface area (Å²) in [4.78, 5) is 12.7. The Hall–Kier alpha value is -1.43. The number of aliphatic carboxylic acids is 1. The lowest BCUT2D eigenvalue weighted by Crippen LogP contribution is -2.61. The highest BCUT2D eigenvalue weighted by atomic mass is 16.5. The first kappa shape index (κ1) is 14.0. The van der Waals surface area contributed by atoms with Crippen molar-refractivity contribution in [2.45, 2.75) is 25.7 Å². The normalized spacial score (nSPS) is 18.0. The van der Waals surface area contributed by atoms with Crippen molar-refractivity contribution in [3.63, 3.8) is 0 Å². The van der Waals surface area contributed by atoms with E-state index in [1.165, 1.54) is 5.56 Å². The molecular formula is C14H19NO4. The van der Waals surface area contributed by atoms with Crippen LogP contribution in [0.4, 0.5) is 0 Å². The first-order valence-electron chi connectivity index (χ1n) is 6.27. The Morgan fingerprint density at radius 3 is 2.42 bits per heavy atom. The molecule has 0 unspecified atom stereocenters. The molecule has 2 rings (SSSR count). The van der Waals surface area contributed by atoms with Gasteiger partial charge in [0.2, 0.25) is 0 Å². The highest BCUT2D eigenvalue weighted by molar-refractivity contribution is 5.68. The number of hydrogen-bond acceptors (Lipinski definition) is 4. The summed E-state index contributed by atoms with van der Waals surface area (Å²) in [6.45, 7) is 4.05. The Morgan fingerprint density at radius 2 is 1.89 bits per heavy atom. The van der Waals surface area contributed by atoms with Crippen molar-refractivity contribution in [3.05, 3.63) is 35.4 Å². The van der Waals surface area contributed by atoms with Crippen molar-refractivity contribution in [3.8, 4) is 0 Å². The van der Waals surface area contributed by atoms with E-state index in [9.17, 15) is 4.79 Å². The topological polar surface area (TPSA) is 70.0 Å². The molecule has 1 aliphatic heterocycles. The van der Waals surface area contributed by atoms with Crippen LogP contribution in [-0.4, -0.2) is 46.4 Å². The third-order valence-corrected chi connectivity index (χ3v) is 3.27. The van der Waals surface area contributed by atoms with E-state index in [0.29, 0.717) is 0 Å². The molecule has 0 saturated carbocycles. The van der Waals surface area contributed by atoms with Crippen LogP contribution in [0.15, 0.2) is 24.3 Å². The summed E-state index contributed by atoms with van der Waals surface area (Å²) in [5, 5.41) is 17.6. The fourth-order valence-corrected chi connectivity index (χ4v) is 2.35. The van der Waals surface area contributed by atoms with E-state index in [1.54, 1.807) is 0 Å². The van der Waals surface area contributed by atoms with Gasteiger partial charge in [0, 0.05) is 19.6 Å². The summed E-state index contributed by atoms with van der Waals surface area (Å²) < 4.78 is 5.36. The Morgan fingerprint density at radius 1 is 1.32 bits per heavy atom. The number of hydrogen-bond donors (Lipinski definition) is 2. The van der Waals surface area contributed by atoms with Crippen LogP contribution in [0.5, 0.6) is 0 Å². The Bertz CT molecular complexity index is 437. The second-order valence-electron chi connectivity index (χ2n) is 5.25. The van der Waals surface area contributed by atoms with Crippen LogP contribution in [-0.2, 0) is 22.7 Å². The molecule has 19 heavy (non-hydrogen) atoms. The fraction of sp³-hybridized carbons (Fsp3) is 0.500. The van der Waals surface area contributed by atoms with Crippen LogP contribution in [0.1, 0.15) is 18.1 Å². The molecule has 1 fully saturated rings. The standard InChI is InChI=1S/C14H19NO4/c1-14(19-8-13(17)18)9-15(10-14)6-11-2-4-12(7-16)5-3-11/h2-5,16H,6-10H2,1H3,(H,17,18). The molecule has 1 aromatic carbocycles. The van der Waals surface area contributed by atoms with E-state index in [-0.39, 0.29) is 18.8 Å². The zero-order chi connectivity index (χ0) is 13.9. The molecule has 0 spiro atoms. The number of ether oxygens (including phenoxy) is 1. The second-order valence-corrected chi connectivity index (χ2v) is 5.25. The van der Waals surface area contributed by atoms with Crippen LogP contribution in [0.25, 0.3) is 0 Å². The zero-order valence-electron chi connectivity index (χ0n) is 11.0. The maximum atomic E-state index is 10.5. The number of carbonyl (C=O) groups is 1. The highest BCUT2D eigenvalue weighted by Crippen LogP contribution is 2.26. The minimum absolute atomic E-state index is 0.0606. The number of aliphatic hydroxyl groups excluding tert-OH is 1. The van der Waals surface area contributed by atoms with Crippen LogP contribution in [0, 0.1) is 0 Å². The molecule has 0 amide bonds. The molecule has 1 saturated heterocycles. The van der Waals surface area contributed by atoms with Gasteiger partial charge in [0.05, 0.1) is 12.2 Å². The number of carboxylic acid groups (broad SMARTS) is 1. The first-order valence-corrected chi connectivity index (χ1v) is 6.27. The SMILES string of the molecule is CC1(OCC(=O)O)CN(Cc2ccc(CO)cc2)C1. The van der Waals surface area contributed by atoms with Crippen molar-refractivity contribution in [2.75, 3.05) is 19.7 Å². The maximum absolute atomic E-state index is 10.5. The Labute approximate surface area is 112 Å². The number of carboxylic acids is 1. The molecule has 2 N–H and O–H groups in total. The minimum atomic E-state index is -0.931. The lowest BCUT2D eigenvalue weighted by molar-refractivity contribution is -0.165. The van der Waals surface area contributed by atoms with Crippen molar-refractivity contribution in [2.24, 2.45) is 0 Å². The van der Waals surface area contributed by atoms with E-state index in [2.05, 4.69) is 4.90 Å². The molecule has 0 atom stereocenters. The van der Waals surface area contributed by atoms with E-state index in [4.69, 9.17) is 14.9 Å². The number of likely N-dealkylation sites (tertiary alicyclic amines) is 1. The number of aliphatic hydroxyl groups is 1. The summed E-state index contributed by atoms with van der Waals surface area (Å²) >= 11 is 0. The third-order valence-electron chi connectivity index (χ3n) is 3.27. The van der Waals surface area contributed by atoms with Gasteiger partial charge in [-0.15, -0.1) is 0 Å². The van der Waals surface area contributed by atoms with E-state index < -0.39 is 5.97 Å². The fourth-order valence-electron chi connectivity index (χ4n) is 2.35. The van der Waals surface area contributed by atoms with E-state index >= 15 is 0 Å². The average molecular weight is 265 g/mol. The first-order chi connectivity index (χ1) is 9.00. The largest absolute Gasteiger partial charge is 0.480 e. The number of nitrogens with zero attached hydrogens (tertiary/aromatic N) is 1. The summed E-state index contributed by atoms with van der Waals surface area (Å²) in [5.74, 6) is -0.931. The molecular weight excluding hydrogens is 246 g/mol. The Kier molecular flexibility index (Phi) is 4.19. The quantitative estimate of drug-likeness (QED) is 0.798. The van der Waals surface area contributed by atoms with Crippen LogP contribution in [0.2, 0.25) is 0 Å². The van der Waals surface area contributed by atoms with Crippen molar-refractivity contribution in [1.29, 1.82) is 0 Å². The van der Waals surface area contributed by atoms with Gasteiger partial charge in [0.25, 0.3) is 0 Å². The van der Waals surface area contributed by atoms with Gasteiger partial charge in [-0.2, -0.15) is 0 Å². The zero-order valence-corrected chi connectivity index (χ0v) is 11.0. The van der Waals surface area contributed by atoms with E-state index in [1.807, 2.05) is 31.2 Å². The third kappa shape index (κ3) is 3.76.